The summed E-state index contributed by atoms with van der Waals surface area (Å²) in [5.41, 5.74) is 0. The van der Waals surface area contributed by atoms with Crippen molar-refractivity contribution in [2.75, 3.05) is 51.7 Å². The number of ether oxygens (including phenoxy) is 1. The van der Waals surface area contributed by atoms with E-state index in [1.54, 1.807) is 0 Å². The Bertz CT molecular complexity index is 947. The molecule has 0 aliphatic rings. The highest BCUT2D eigenvalue weighted by Crippen LogP contribution is 2.17. The third kappa shape index (κ3) is 23.8. The minimum absolute atomic E-state index is 0.0439. The summed E-state index contributed by atoms with van der Waals surface area (Å²) in [5.74, 6) is -0.609. The van der Waals surface area contributed by atoms with Gasteiger partial charge in [-0.05, 0) is 25.7 Å². The van der Waals surface area contributed by atoms with Crippen LogP contribution in [0.5, 0.6) is 0 Å². The summed E-state index contributed by atoms with van der Waals surface area (Å²) in [6.45, 7) is 8.54. The van der Waals surface area contributed by atoms with Gasteiger partial charge in [0.05, 0.1) is 18.9 Å². The average molecular weight is 731 g/mol. The summed E-state index contributed by atoms with van der Waals surface area (Å²) in [6, 6.07) is 0. The van der Waals surface area contributed by atoms with Gasteiger partial charge in [-0.25, -0.2) is 12.7 Å². The van der Waals surface area contributed by atoms with Crippen LogP contribution in [0.2, 0.25) is 0 Å². The first kappa shape index (κ1) is 46.9. The van der Waals surface area contributed by atoms with E-state index in [9.17, 15) is 25.6 Å². The van der Waals surface area contributed by atoms with Crippen LogP contribution in [0.15, 0.2) is 0 Å². The molecule has 47 heavy (non-hydrogen) atoms. The fraction of sp³-hybridized carbons (Fsp3) is 1.00. The van der Waals surface area contributed by atoms with E-state index in [1.165, 1.54) is 87.8 Å². The summed E-state index contributed by atoms with van der Waals surface area (Å²) in [5, 5.41) is 0. The Hall–Kier alpha value is -0.150. The van der Waals surface area contributed by atoms with Crippen molar-refractivity contribution in [2.45, 2.75) is 169 Å². The SMILES string of the molecule is CCCCCCCCCCCCOCCN(S(=O)(=O)CCN(CCCCCCCCCCCC)S(=O)[O-])S(=O)(=O)N(CCC)CCC. The molecule has 284 valence electrons. The predicted molar refractivity (Wildman–Crippen MR) is 197 cm³/mol. The lowest BCUT2D eigenvalue weighted by atomic mass is 10.1. The largest absolute Gasteiger partial charge is 0.760 e. The average Bonchev–Trinajstić information content (AvgIpc) is 3.03. The van der Waals surface area contributed by atoms with Crippen LogP contribution >= 0.6 is 0 Å². The fourth-order valence-corrected chi connectivity index (χ4v) is 10.3. The maximum absolute atomic E-state index is 13.6. The van der Waals surface area contributed by atoms with Crippen molar-refractivity contribution in [3.8, 4) is 0 Å². The Labute approximate surface area is 293 Å². The quantitative estimate of drug-likeness (QED) is 0.0473. The van der Waals surface area contributed by atoms with Crippen LogP contribution < -0.4 is 0 Å². The lowest BCUT2D eigenvalue weighted by Gasteiger charge is -2.30. The molecule has 1 unspecified atom stereocenters. The second-order valence-corrected chi connectivity index (χ2v) is 17.9. The van der Waals surface area contributed by atoms with Gasteiger partial charge < -0.3 is 9.29 Å². The number of rotatable bonds is 36. The smallest absolute Gasteiger partial charge is 0.295 e. The number of nitrogens with zero attached hydrogens (tertiary/aromatic N) is 3. The van der Waals surface area contributed by atoms with E-state index in [4.69, 9.17) is 4.74 Å². The highest BCUT2D eigenvalue weighted by Gasteiger charge is 2.37. The molecule has 10 nitrogen and oxygen atoms in total. The lowest BCUT2D eigenvalue weighted by molar-refractivity contribution is 0.126. The molecule has 0 bridgehead atoms. The van der Waals surface area contributed by atoms with Crippen LogP contribution in [0.25, 0.3) is 0 Å². The van der Waals surface area contributed by atoms with Gasteiger partial charge in [-0.2, -0.15) is 12.7 Å². The van der Waals surface area contributed by atoms with Crippen molar-refractivity contribution in [1.82, 2.24) is 12.3 Å². The molecule has 1 atom stereocenters. The van der Waals surface area contributed by atoms with E-state index in [0.29, 0.717) is 29.6 Å². The molecule has 0 saturated heterocycles. The first-order valence-electron chi connectivity index (χ1n) is 19.0. The van der Waals surface area contributed by atoms with Gasteiger partial charge in [-0.1, -0.05) is 147 Å². The number of hydrogen-bond donors (Lipinski definition) is 0. The summed E-state index contributed by atoms with van der Waals surface area (Å²) < 4.78 is 86.8. The molecule has 0 aromatic carbocycles. The Morgan fingerprint density at radius 3 is 1.36 bits per heavy atom. The Balaban J connectivity index is 4.98. The molecule has 0 rings (SSSR count). The minimum atomic E-state index is -4.35. The van der Waals surface area contributed by atoms with Gasteiger partial charge in [0.25, 0.3) is 10.2 Å². The van der Waals surface area contributed by atoms with Gasteiger partial charge in [0, 0.05) is 44.1 Å². The van der Waals surface area contributed by atoms with Gasteiger partial charge in [0.2, 0.25) is 10.0 Å². The zero-order chi connectivity index (χ0) is 35.2. The molecule has 13 heteroatoms. The minimum Gasteiger partial charge on any atom is -0.760 e. The molecular formula is C34H72N3O7S3-. The standard InChI is InChI=1S/C34H73N3O7S3/c1-5-9-11-13-15-17-19-21-23-25-29-35(45(38)39)31-34-46(40,41)37(47(42,43)36(27-7-3)28-8-4)30-33-44-32-26-24-22-20-18-16-14-12-10-6-2/h5-34H2,1-4H3,(H,38,39)/p-1. The lowest BCUT2D eigenvalue weighted by Crippen LogP contribution is -2.50. The topological polar surface area (TPSA) is 127 Å². The summed E-state index contributed by atoms with van der Waals surface area (Å²) >= 11 is -2.60. The van der Waals surface area contributed by atoms with E-state index in [-0.39, 0.29) is 39.3 Å². The van der Waals surface area contributed by atoms with Gasteiger partial charge in [-0.3, -0.25) is 4.21 Å². The second-order valence-electron chi connectivity index (χ2n) is 12.8. The van der Waals surface area contributed by atoms with Crippen LogP contribution in [-0.2, 0) is 36.2 Å². The van der Waals surface area contributed by atoms with Gasteiger partial charge >= 0.3 is 0 Å². The molecule has 0 aliphatic carbocycles. The zero-order valence-electron chi connectivity index (χ0n) is 30.6. The van der Waals surface area contributed by atoms with E-state index in [1.807, 2.05) is 13.8 Å². The maximum atomic E-state index is 13.6. The van der Waals surface area contributed by atoms with Crippen LogP contribution in [0.4, 0.5) is 0 Å². The fourth-order valence-electron chi connectivity index (χ4n) is 5.66. The highest BCUT2D eigenvalue weighted by atomic mass is 32.3. The summed E-state index contributed by atoms with van der Waals surface area (Å²) in [7, 11) is -8.69. The predicted octanol–water partition coefficient (Wildman–Crippen LogP) is 7.94. The molecule has 0 heterocycles. The molecule has 0 aromatic rings. The molecule has 0 fully saturated rings. The Kier molecular flexibility index (Phi) is 30.6. The first-order chi connectivity index (χ1) is 22.6. The monoisotopic (exact) mass is 730 g/mol. The normalized spacial score (nSPS) is 13.4. The van der Waals surface area contributed by atoms with E-state index >= 15 is 0 Å². The molecule has 0 N–H and O–H groups in total. The number of unbranched alkanes of at least 4 members (excludes halogenated alkanes) is 18. The van der Waals surface area contributed by atoms with Crippen molar-refractivity contribution in [2.24, 2.45) is 0 Å². The van der Waals surface area contributed by atoms with Crippen LogP contribution in [-0.4, -0.2) is 89.6 Å². The molecule has 0 saturated carbocycles. The van der Waals surface area contributed by atoms with Crippen LogP contribution in [0.1, 0.15) is 169 Å². The number of hydrogen-bond acceptors (Lipinski definition) is 7. The molecule has 0 radical (unpaired) electrons. The first-order valence-corrected chi connectivity index (χ1v) is 23.0. The summed E-state index contributed by atoms with van der Waals surface area (Å²) in [6.07, 6.45) is 24.1. The zero-order valence-corrected chi connectivity index (χ0v) is 33.1. The van der Waals surface area contributed by atoms with Crippen molar-refractivity contribution in [1.29, 1.82) is 0 Å². The second kappa shape index (κ2) is 30.7. The Morgan fingerprint density at radius 1 is 0.511 bits per heavy atom. The molecule has 0 amide bonds. The third-order valence-corrected chi connectivity index (χ3v) is 13.7. The van der Waals surface area contributed by atoms with Crippen LogP contribution in [0, 0.1) is 0 Å². The van der Waals surface area contributed by atoms with Crippen LogP contribution in [0.3, 0.4) is 0 Å². The third-order valence-electron chi connectivity index (χ3n) is 8.47. The van der Waals surface area contributed by atoms with Crippen molar-refractivity contribution in [3.63, 3.8) is 0 Å². The molecule has 0 spiro atoms. The molecular weight excluding hydrogens is 659 g/mol. The van der Waals surface area contributed by atoms with Gasteiger partial charge in [-0.15, -0.1) is 0 Å². The van der Waals surface area contributed by atoms with E-state index in [2.05, 4.69) is 13.8 Å². The van der Waals surface area contributed by atoms with Crippen molar-refractivity contribution < 1.29 is 30.3 Å². The summed E-state index contributed by atoms with van der Waals surface area (Å²) in [4.78, 5) is 0. The van der Waals surface area contributed by atoms with E-state index < -0.39 is 37.3 Å². The highest BCUT2D eigenvalue weighted by molar-refractivity contribution is 8.03. The van der Waals surface area contributed by atoms with Gasteiger partial charge in [0.1, 0.15) is 0 Å². The number of sulfonamides is 1. The van der Waals surface area contributed by atoms with Gasteiger partial charge in [0.15, 0.2) is 0 Å². The Morgan fingerprint density at radius 2 is 0.936 bits per heavy atom. The molecule has 0 aromatic heterocycles. The van der Waals surface area contributed by atoms with Crippen molar-refractivity contribution >= 4 is 31.5 Å². The van der Waals surface area contributed by atoms with E-state index in [0.717, 1.165) is 42.8 Å². The van der Waals surface area contributed by atoms with Crippen molar-refractivity contribution in [3.05, 3.63) is 0 Å². The maximum Gasteiger partial charge on any atom is 0.295 e. The molecule has 0 aliphatic heterocycles.